The number of aromatic nitrogens is 2. The number of carbonyl (C=O) groups excluding carboxylic acids is 1. The summed E-state index contributed by atoms with van der Waals surface area (Å²) in [6.45, 7) is 3.78. The zero-order chi connectivity index (χ0) is 13.9. The molecule has 0 bridgehead atoms. The fourth-order valence-corrected chi connectivity index (χ4v) is 2.14. The van der Waals surface area contributed by atoms with Crippen LogP contribution in [0.15, 0.2) is 24.5 Å². The van der Waals surface area contributed by atoms with Crippen LogP contribution in [0.2, 0.25) is 0 Å². The van der Waals surface area contributed by atoms with E-state index in [0.717, 1.165) is 23.9 Å². The molecule has 2 rings (SSSR count). The standard InChI is InChI=1S/C14H19N3O2/c1-3-5-14(2,9-18)17-13(19)10-7-12-11(16-8-10)4-6-15-12/h4,6-8,15,18H,3,5,9H2,1-2H3,(H,17,19). The molecule has 0 spiro atoms. The van der Waals surface area contributed by atoms with E-state index in [1.165, 1.54) is 0 Å². The molecule has 0 aliphatic carbocycles. The van der Waals surface area contributed by atoms with Gasteiger partial charge in [0.15, 0.2) is 0 Å². The first-order valence-electron chi connectivity index (χ1n) is 6.44. The Hall–Kier alpha value is -1.88. The molecule has 1 atom stereocenters. The van der Waals surface area contributed by atoms with Crippen molar-refractivity contribution < 1.29 is 9.90 Å². The number of amides is 1. The second-order valence-corrected chi connectivity index (χ2v) is 5.06. The third-order valence-electron chi connectivity index (χ3n) is 3.23. The van der Waals surface area contributed by atoms with Gasteiger partial charge in [-0.05, 0) is 25.5 Å². The van der Waals surface area contributed by atoms with Crippen molar-refractivity contribution in [2.75, 3.05) is 6.61 Å². The predicted octanol–water partition coefficient (Wildman–Crippen LogP) is 1.84. The van der Waals surface area contributed by atoms with Crippen LogP contribution >= 0.6 is 0 Å². The van der Waals surface area contributed by atoms with Crippen LogP contribution in [0.1, 0.15) is 37.0 Å². The Bertz CT molecular complexity index is 579. The van der Waals surface area contributed by atoms with Gasteiger partial charge in [0.1, 0.15) is 0 Å². The van der Waals surface area contributed by atoms with E-state index in [2.05, 4.69) is 15.3 Å². The van der Waals surface area contributed by atoms with E-state index in [4.69, 9.17) is 0 Å². The molecule has 0 radical (unpaired) electrons. The van der Waals surface area contributed by atoms with Gasteiger partial charge >= 0.3 is 0 Å². The van der Waals surface area contributed by atoms with Crippen molar-refractivity contribution in [3.05, 3.63) is 30.1 Å². The highest BCUT2D eigenvalue weighted by Gasteiger charge is 2.25. The Kier molecular flexibility index (Phi) is 3.85. The lowest BCUT2D eigenvalue weighted by molar-refractivity contribution is 0.0840. The molecule has 2 heterocycles. The summed E-state index contributed by atoms with van der Waals surface area (Å²) in [7, 11) is 0. The van der Waals surface area contributed by atoms with Gasteiger partial charge in [-0.25, -0.2) is 0 Å². The van der Waals surface area contributed by atoms with Gasteiger partial charge in [-0.2, -0.15) is 0 Å². The Morgan fingerprint density at radius 2 is 2.37 bits per heavy atom. The molecule has 0 saturated heterocycles. The lowest BCUT2D eigenvalue weighted by Gasteiger charge is -2.28. The van der Waals surface area contributed by atoms with Gasteiger partial charge in [0, 0.05) is 12.4 Å². The van der Waals surface area contributed by atoms with E-state index >= 15 is 0 Å². The van der Waals surface area contributed by atoms with Gasteiger partial charge in [0.25, 0.3) is 5.91 Å². The van der Waals surface area contributed by atoms with E-state index in [9.17, 15) is 9.90 Å². The average Bonchev–Trinajstić information content (AvgIpc) is 2.86. The average molecular weight is 261 g/mol. The summed E-state index contributed by atoms with van der Waals surface area (Å²) in [5.41, 5.74) is 1.56. The van der Waals surface area contributed by atoms with Crippen LogP contribution in [0.25, 0.3) is 11.0 Å². The first-order chi connectivity index (χ1) is 9.08. The van der Waals surface area contributed by atoms with Crippen LogP contribution in [0.4, 0.5) is 0 Å². The van der Waals surface area contributed by atoms with Crippen LogP contribution in [0, 0.1) is 0 Å². The van der Waals surface area contributed by atoms with Crippen molar-refractivity contribution in [2.24, 2.45) is 0 Å². The van der Waals surface area contributed by atoms with Gasteiger partial charge < -0.3 is 15.4 Å². The molecule has 5 nitrogen and oxygen atoms in total. The number of carbonyl (C=O) groups is 1. The monoisotopic (exact) mass is 261 g/mol. The van der Waals surface area contributed by atoms with Crippen molar-refractivity contribution >= 4 is 16.9 Å². The molecule has 19 heavy (non-hydrogen) atoms. The Morgan fingerprint density at radius 3 is 3.05 bits per heavy atom. The molecule has 5 heteroatoms. The number of aromatic amines is 1. The summed E-state index contributed by atoms with van der Waals surface area (Å²) in [4.78, 5) is 19.4. The van der Waals surface area contributed by atoms with Crippen molar-refractivity contribution in [3.8, 4) is 0 Å². The minimum Gasteiger partial charge on any atom is -0.394 e. The summed E-state index contributed by atoms with van der Waals surface area (Å²) in [5.74, 6) is -0.214. The van der Waals surface area contributed by atoms with Crippen molar-refractivity contribution in [1.82, 2.24) is 15.3 Å². The van der Waals surface area contributed by atoms with Crippen LogP contribution in [0.3, 0.4) is 0 Å². The highest BCUT2D eigenvalue weighted by Crippen LogP contribution is 2.15. The topological polar surface area (TPSA) is 78.0 Å². The van der Waals surface area contributed by atoms with Crippen LogP contribution in [-0.4, -0.2) is 33.1 Å². The van der Waals surface area contributed by atoms with E-state index in [1.54, 1.807) is 18.5 Å². The number of rotatable bonds is 5. The van der Waals surface area contributed by atoms with E-state index in [-0.39, 0.29) is 12.5 Å². The molecule has 0 fully saturated rings. The first-order valence-corrected chi connectivity index (χ1v) is 6.44. The fourth-order valence-electron chi connectivity index (χ4n) is 2.14. The Balaban J connectivity index is 2.18. The summed E-state index contributed by atoms with van der Waals surface area (Å²) in [6.07, 6.45) is 4.96. The minimum atomic E-state index is -0.587. The quantitative estimate of drug-likeness (QED) is 0.768. The molecule has 0 aliphatic rings. The molecule has 102 valence electrons. The van der Waals surface area contributed by atoms with Gasteiger partial charge in [-0.3, -0.25) is 9.78 Å². The first kappa shape index (κ1) is 13.5. The predicted molar refractivity (Wildman–Crippen MR) is 74.0 cm³/mol. The molecule has 2 aromatic rings. The van der Waals surface area contributed by atoms with Crippen LogP contribution in [-0.2, 0) is 0 Å². The Labute approximate surface area is 112 Å². The van der Waals surface area contributed by atoms with Crippen LogP contribution < -0.4 is 5.32 Å². The molecule has 1 unspecified atom stereocenters. The summed E-state index contributed by atoms with van der Waals surface area (Å²) < 4.78 is 0. The zero-order valence-electron chi connectivity index (χ0n) is 11.2. The van der Waals surface area contributed by atoms with Crippen molar-refractivity contribution in [3.63, 3.8) is 0 Å². The molecule has 1 amide bonds. The summed E-state index contributed by atoms with van der Waals surface area (Å²) in [5, 5.41) is 12.3. The number of H-pyrrole nitrogens is 1. The number of fused-ring (bicyclic) bond motifs is 1. The second-order valence-electron chi connectivity index (χ2n) is 5.06. The number of hydrogen-bond donors (Lipinski definition) is 3. The molecule has 0 saturated carbocycles. The largest absolute Gasteiger partial charge is 0.394 e. The molecule has 3 N–H and O–H groups in total. The number of aliphatic hydroxyl groups excluding tert-OH is 1. The van der Waals surface area contributed by atoms with Crippen LogP contribution in [0.5, 0.6) is 0 Å². The number of nitrogens with zero attached hydrogens (tertiary/aromatic N) is 1. The second kappa shape index (κ2) is 5.40. The van der Waals surface area contributed by atoms with Crippen molar-refractivity contribution in [1.29, 1.82) is 0 Å². The smallest absolute Gasteiger partial charge is 0.253 e. The third kappa shape index (κ3) is 2.93. The molecular formula is C14H19N3O2. The lowest BCUT2D eigenvalue weighted by Crippen LogP contribution is -2.48. The maximum Gasteiger partial charge on any atom is 0.253 e. The molecule has 2 aromatic heterocycles. The maximum atomic E-state index is 12.2. The summed E-state index contributed by atoms with van der Waals surface area (Å²) >= 11 is 0. The van der Waals surface area contributed by atoms with Crippen molar-refractivity contribution in [2.45, 2.75) is 32.2 Å². The van der Waals surface area contributed by atoms with Gasteiger partial charge in [0.2, 0.25) is 0 Å². The minimum absolute atomic E-state index is 0.0786. The summed E-state index contributed by atoms with van der Waals surface area (Å²) in [6, 6.07) is 3.62. The number of aliphatic hydroxyl groups is 1. The van der Waals surface area contributed by atoms with Gasteiger partial charge in [-0.1, -0.05) is 13.3 Å². The highest BCUT2D eigenvalue weighted by atomic mass is 16.3. The highest BCUT2D eigenvalue weighted by molar-refractivity contribution is 5.97. The zero-order valence-corrected chi connectivity index (χ0v) is 11.2. The van der Waals surface area contributed by atoms with E-state index < -0.39 is 5.54 Å². The fraction of sp³-hybridized carbons (Fsp3) is 0.429. The molecular weight excluding hydrogens is 242 g/mol. The number of nitrogens with one attached hydrogen (secondary N) is 2. The normalized spacial score (nSPS) is 14.3. The Morgan fingerprint density at radius 1 is 1.58 bits per heavy atom. The molecule has 0 aliphatic heterocycles. The van der Waals surface area contributed by atoms with E-state index in [0.29, 0.717) is 5.56 Å². The maximum absolute atomic E-state index is 12.2. The van der Waals surface area contributed by atoms with Gasteiger partial charge in [-0.15, -0.1) is 0 Å². The van der Waals surface area contributed by atoms with E-state index in [1.807, 2.05) is 19.9 Å². The number of pyridine rings is 1. The number of hydrogen-bond acceptors (Lipinski definition) is 3. The SMILES string of the molecule is CCCC(C)(CO)NC(=O)c1cnc2cc[nH]c2c1. The molecule has 0 aromatic carbocycles. The third-order valence-corrected chi connectivity index (χ3v) is 3.23. The van der Waals surface area contributed by atoms with Gasteiger partial charge in [0.05, 0.1) is 28.7 Å². The lowest BCUT2D eigenvalue weighted by atomic mass is 9.97.